The molecular weight excluding hydrogens is 392 g/mol. The van der Waals surface area contributed by atoms with Gasteiger partial charge in [0.05, 0.1) is 23.2 Å². The van der Waals surface area contributed by atoms with E-state index in [1.807, 2.05) is 18.7 Å². The number of nitro groups is 1. The first-order chi connectivity index (χ1) is 14.1. The molecular formula is C20H24N4O6. The third-order valence-electron chi connectivity index (χ3n) is 6.20. The van der Waals surface area contributed by atoms with Gasteiger partial charge < -0.3 is 9.64 Å². The first kappa shape index (κ1) is 20.3. The Hall–Kier alpha value is -3.01. The summed E-state index contributed by atoms with van der Waals surface area (Å²) in [4.78, 5) is 53.2. The zero-order chi connectivity index (χ0) is 22.0. The number of hydrogen-bond donors (Lipinski definition) is 1. The van der Waals surface area contributed by atoms with Gasteiger partial charge in [-0.25, -0.2) is 4.79 Å². The van der Waals surface area contributed by atoms with Crippen LogP contribution in [-0.4, -0.2) is 58.5 Å². The number of hydrogen-bond acceptors (Lipinski definition) is 7. The van der Waals surface area contributed by atoms with Crippen LogP contribution in [0.4, 0.5) is 16.2 Å². The number of nitro benzene ring substituents is 1. The van der Waals surface area contributed by atoms with E-state index in [9.17, 15) is 24.5 Å². The summed E-state index contributed by atoms with van der Waals surface area (Å²) in [5.74, 6) is -1.28. The number of rotatable bonds is 2. The van der Waals surface area contributed by atoms with Crippen molar-refractivity contribution in [2.24, 2.45) is 5.41 Å². The molecule has 0 radical (unpaired) electrons. The minimum absolute atomic E-state index is 0.0472. The van der Waals surface area contributed by atoms with Gasteiger partial charge in [-0.05, 0) is 39.3 Å². The molecule has 4 atom stereocenters. The monoisotopic (exact) mass is 416 g/mol. The van der Waals surface area contributed by atoms with E-state index in [2.05, 4.69) is 5.32 Å². The van der Waals surface area contributed by atoms with Crippen molar-refractivity contribution in [2.45, 2.75) is 58.4 Å². The molecule has 0 aliphatic carbocycles. The number of morpholine rings is 1. The minimum atomic E-state index is -1.63. The van der Waals surface area contributed by atoms with Crippen LogP contribution >= 0.6 is 0 Å². The van der Waals surface area contributed by atoms with Crippen LogP contribution in [0.3, 0.4) is 0 Å². The van der Waals surface area contributed by atoms with Crippen LogP contribution in [0, 0.1) is 15.5 Å². The molecule has 4 amide bonds. The second-order valence-corrected chi connectivity index (χ2v) is 8.50. The summed E-state index contributed by atoms with van der Waals surface area (Å²) in [6.07, 6.45) is -0.693. The number of carbonyl (C=O) groups excluding carboxylic acids is 3. The summed E-state index contributed by atoms with van der Waals surface area (Å²) < 4.78 is 5.99. The Kier molecular flexibility index (Phi) is 4.57. The highest BCUT2D eigenvalue weighted by Crippen LogP contribution is 2.48. The summed E-state index contributed by atoms with van der Waals surface area (Å²) in [5, 5.41) is 13.7. The predicted molar refractivity (Wildman–Crippen MR) is 106 cm³/mol. The first-order valence-corrected chi connectivity index (χ1v) is 9.96. The third-order valence-corrected chi connectivity index (χ3v) is 6.20. The highest BCUT2D eigenvalue weighted by molar-refractivity contribution is 6.20. The molecule has 1 aromatic carbocycles. The number of ether oxygens (including phenoxy) is 1. The predicted octanol–water partition coefficient (Wildman–Crippen LogP) is 1.61. The van der Waals surface area contributed by atoms with E-state index >= 15 is 0 Å². The number of nitrogens with one attached hydrogen (secondary N) is 1. The molecule has 0 bridgehead atoms. The molecule has 3 aliphatic heterocycles. The number of imide groups is 2. The van der Waals surface area contributed by atoms with E-state index in [0.29, 0.717) is 12.1 Å². The molecule has 3 aliphatic rings. The molecule has 0 saturated carbocycles. The maximum absolute atomic E-state index is 13.7. The molecule has 160 valence electrons. The molecule has 10 nitrogen and oxygen atoms in total. The summed E-state index contributed by atoms with van der Waals surface area (Å²) >= 11 is 0. The molecule has 1 spiro atoms. The van der Waals surface area contributed by atoms with Gasteiger partial charge in [0.25, 0.3) is 5.69 Å². The Morgan fingerprint density at radius 1 is 1.27 bits per heavy atom. The zero-order valence-electron chi connectivity index (χ0n) is 17.2. The molecule has 2 fully saturated rings. The Labute approximate surface area is 173 Å². The van der Waals surface area contributed by atoms with Crippen molar-refractivity contribution in [3.8, 4) is 0 Å². The van der Waals surface area contributed by atoms with Crippen molar-refractivity contribution in [1.29, 1.82) is 0 Å². The molecule has 1 aromatic rings. The van der Waals surface area contributed by atoms with Crippen LogP contribution in [0.25, 0.3) is 0 Å². The van der Waals surface area contributed by atoms with E-state index in [4.69, 9.17) is 4.74 Å². The highest BCUT2D eigenvalue weighted by atomic mass is 16.6. The van der Waals surface area contributed by atoms with Crippen LogP contribution in [0.5, 0.6) is 0 Å². The van der Waals surface area contributed by atoms with Gasteiger partial charge in [0.1, 0.15) is 0 Å². The summed E-state index contributed by atoms with van der Waals surface area (Å²) in [6, 6.07) is 2.64. The van der Waals surface area contributed by atoms with Gasteiger partial charge in [-0.15, -0.1) is 0 Å². The number of benzene rings is 1. The van der Waals surface area contributed by atoms with Gasteiger partial charge in [0.2, 0.25) is 11.8 Å². The minimum Gasteiger partial charge on any atom is -0.372 e. The fraction of sp³-hybridized carbons (Fsp3) is 0.550. The number of fused-ring (bicyclic) bond motifs is 4. The average molecular weight is 416 g/mol. The van der Waals surface area contributed by atoms with E-state index in [0.717, 1.165) is 10.6 Å². The lowest BCUT2D eigenvalue weighted by atomic mass is 9.66. The number of non-ortho nitro benzene ring substituents is 1. The van der Waals surface area contributed by atoms with Crippen molar-refractivity contribution in [3.63, 3.8) is 0 Å². The van der Waals surface area contributed by atoms with Crippen molar-refractivity contribution in [2.75, 3.05) is 11.4 Å². The lowest BCUT2D eigenvalue weighted by molar-refractivity contribution is -0.384. The normalized spacial score (nSPS) is 31.0. The first-order valence-electron chi connectivity index (χ1n) is 9.96. The summed E-state index contributed by atoms with van der Waals surface area (Å²) in [6.45, 7) is 7.51. The lowest BCUT2D eigenvalue weighted by Gasteiger charge is -2.56. The zero-order valence-corrected chi connectivity index (χ0v) is 17.2. The van der Waals surface area contributed by atoms with Crippen LogP contribution in [0.1, 0.15) is 33.3 Å². The Bertz CT molecular complexity index is 963. The summed E-state index contributed by atoms with van der Waals surface area (Å²) in [5.41, 5.74) is -0.466. The van der Waals surface area contributed by atoms with Gasteiger partial charge in [-0.1, -0.05) is 0 Å². The number of nitrogens with zero attached hydrogens (tertiary/aromatic N) is 3. The van der Waals surface area contributed by atoms with Crippen molar-refractivity contribution in [1.82, 2.24) is 10.2 Å². The third kappa shape index (κ3) is 2.70. The van der Waals surface area contributed by atoms with Crippen molar-refractivity contribution < 1.29 is 24.0 Å². The van der Waals surface area contributed by atoms with E-state index in [1.165, 1.54) is 12.1 Å². The van der Waals surface area contributed by atoms with Gasteiger partial charge in [0, 0.05) is 36.8 Å². The van der Waals surface area contributed by atoms with Crippen molar-refractivity contribution >= 4 is 29.2 Å². The fourth-order valence-electron chi connectivity index (χ4n) is 5.11. The maximum atomic E-state index is 13.7. The standard InChI is InChI=1S/C20H24N4O6/c1-10(2)23-18(26)20(17(25)21-19(23)27)8-13-7-14(24(28)29)5-6-15(13)22-9-11(3)30-12(4)16(20)22/h5-7,10-12,16H,8-9H2,1-4H3,(H,21,25,27)/t11-,12+,16-,20+/m0/s1. The molecule has 2 saturated heterocycles. The van der Waals surface area contributed by atoms with E-state index in [1.54, 1.807) is 19.9 Å². The van der Waals surface area contributed by atoms with Crippen LogP contribution in [0.2, 0.25) is 0 Å². The van der Waals surface area contributed by atoms with Gasteiger partial charge in [0.15, 0.2) is 5.41 Å². The van der Waals surface area contributed by atoms with Gasteiger partial charge in [-0.3, -0.25) is 29.9 Å². The fourth-order valence-corrected chi connectivity index (χ4v) is 5.11. The maximum Gasteiger partial charge on any atom is 0.331 e. The van der Waals surface area contributed by atoms with Gasteiger partial charge >= 0.3 is 6.03 Å². The SMILES string of the molecule is CC(C)N1C(=O)NC(=O)[C@]2(Cc3cc([N+](=O)[O-])ccc3N3C[C@H](C)O[C@H](C)[C@H]32)C1=O. The second-order valence-electron chi connectivity index (χ2n) is 8.50. The smallest absolute Gasteiger partial charge is 0.331 e. The topological polar surface area (TPSA) is 122 Å². The Morgan fingerprint density at radius 3 is 2.60 bits per heavy atom. The molecule has 4 rings (SSSR count). The number of urea groups is 1. The molecule has 3 heterocycles. The van der Waals surface area contributed by atoms with E-state index < -0.39 is 46.4 Å². The molecule has 0 aromatic heterocycles. The van der Waals surface area contributed by atoms with Crippen LogP contribution in [0.15, 0.2) is 18.2 Å². The van der Waals surface area contributed by atoms with Gasteiger partial charge in [-0.2, -0.15) is 0 Å². The van der Waals surface area contributed by atoms with Crippen LogP contribution in [-0.2, 0) is 20.7 Å². The Morgan fingerprint density at radius 2 is 1.97 bits per heavy atom. The van der Waals surface area contributed by atoms with Crippen LogP contribution < -0.4 is 10.2 Å². The largest absolute Gasteiger partial charge is 0.372 e. The number of barbiturate groups is 1. The van der Waals surface area contributed by atoms with Crippen molar-refractivity contribution in [3.05, 3.63) is 33.9 Å². The number of anilines is 1. The lowest BCUT2D eigenvalue weighted by Crippen LogP contribution is -2.76. The second kappa shape index (κ2) is 6.76. The summed E-state index contributed by atoms with van der Waals surface area (Å²) in [7, 11) is 0. The molecule has 30 heavy (non-hydrogen) atoms. The average Bonchev–Trinajstić information content (AvgIpc) is 2.64. The highest BCUT2D eigenvalue weighted by Gasteiger charge is 2.64. The number of carbonyl (C=O) groups is 3. The Balaban J connectivity index is 1.94. The molecule has 1 N–H and O–H groups in total. The van der Waals surface area contributed by atoms with E-state index in [-0.39, 0.29) is 18.2 Å². The number of amides is 4. The quantitative estimate of drug-likeness (QED) is 0.441. The molecule has 10 heteroatoms. The molecule has 0 unspecified atom stereocenters.